The molecule has 0 bridgehead atoms. The van der Waals surface area contributed by atoms with E-state index < -0.39 is 0 Å². The molecule has 0 fully saturated rings. The first-order valence-electron chi connectivity index (χ1n) is 7.25. The van der Waals surface area contributed by atoms with E-state index in [-0.39, 0.29) is 5.41 Å². The molecular formula is C20H20. The summed E-state index contributed by atoms with van der Waals surface area (Å²) in [6.07, 6.45) is 8.49. The Labute approximate surface area is 121 Å². The fourth-order valence-corrected chi connectivity index (χ4v) is 3.50. The number of fused-ring (bicyclic) bond motifs is 3. The minimum absolute atomic E-state index is 0.0570. The number of allylic oxidation sites excluding steroid dienone is 3. The largest absolute Gasteiger partial charge is 0.103 e. The fraction of sp³-hybridized carbons (Fsp3) is 0.200. The van der Waals surface area contributed by atoms with Gasteiger partial charge in [0, 0.05) is 5.41 Å². The minimum Gasteiger partial charge on any atom is -0.103 e. The molecule has 0 nitrogen and oxygen atoms in total. The van der Waals surface area contributed by atoms with E-state index in [4.69, 9.17) is 0 Å². The van der Waals surface area contributed by atoms with Crippen LogP contribution in [0.4, 0.5) is 0 Å². The summed E-state index contributed by atoms with van der Waals surface area (Å²) in [5, 5.41) is 0. The highest BCUT2D eigenvalue weighted by atomic mass is 14.4. The topological polar surface area (TPSA) is 0 Å². The Morgan fingerprint density at radius 1 is 0.900 bits per heavy atom. The highest BCUT2D eigenvalue weighted by molar-refractivity contribution is 5.81. The van der Waals surface area contributed by atoms with Crippen LogP contribution in [0.5, 0.6) is 0 Å². The highest BCUT2D eigenvalue weighted by Crippen LogP contribution is 2.52. The standard InChI is InChI=1S/C20H20/c1-3-5-15-20(14-4-2)18-12-8-6-10-16(18)17-11-7-9-13-19(17)20/h3-13H,2,14-15H2,1H3. The van der Waals surface area contributed by atoms with Gasteiger partial charge in [0.25, 0.3) is 0 Å². The molecule has 0 aromatic heterocycles. The molecule has 100 valence electrons. The van der Waals surface area contributed by atoms with Gasteiger partial charge in [-0.3, -0.25) is 0 Å². The molecule has 2 aromatic rings. The van der Waals surface area contributed by atoms with E-state index in [1.165, 1.54) is 22.3 Å². The molecule has 0 unspecified atom stereocenters. The van der Waals surface area contributed by atoms with Gasteiger partial charge in [0.15, 0.2) is 0 Å². The first-order chi connectivity index (χ1) is 9.83. The minimum atomic E-state index is 0.0570. The predicted molar refractivity (Wildman–Crippen MR) is 86.9 cm³/mol. The SMILES string of the molecule is C=CCC1(CC=CC)c2ccccc2-c2ccccc21. The molecule has 0 saturated carbocycles. The summed E-state index contributed by atoms with van der Waals surface area (Å²) in [7, 11) is 0. The van der Waals surface area contributed by atoms with Crippen LogP contribution >= 0.6 is 0 Å². The molecular weight excluding hydrogens is 240 g/mol. The fourth-order valence-electron chi connectivity index (χ4n) is 3.50. The molecule has 20 heavy (non-hydrogen) atoms. The monoisotopic (exact) mass is 260 g/mol. The predicted octanol–water partition coefficient (Wildman–Crippen LogP) is 5.50. The van der Waals surface area contributed by atoms with Crippen LogP contribution in [0.2, 0.25) is 0 Å². The van der Waals surface area contributed by atoms with Gasteiger partial charge in [0.2, 0.25) is 0 Å². The highest BCUT2D eigenvalue weighted by Gasteiger charge is 2.40. The van der Waals surface area contributed by atoms with Crippen molar-refractivity contribution in [2.45, 2.75) is 25.2 Å². The van der Waals surface area contributed by atoms with E-state index in [0.717, 1.165) is 12.8 Å². The van der Waals surface area contributed by atoms with Crippen LogP contribution in [0, 0.1) is 0 Å². The molecule has 0 spiro atoms. The van der Waals surface area contributed by atoms with Crippen molar-refractivity contribution in [1.82, 2.24) is 0 Å². The van der Waals surface area contributed by atoms with E-state index in [0.29, 0.717) is 0 Å². The maximum absolute atomic E-state index is 4.00. The van der Waals surface area contributed by atoms with Crippen LogP contribution in [-0.2, 0) is 5.41 Å². The van der Waals surface area contributed by atoms with E-state index in [1.807, 2.05) is 0 Å². The molecule has 0 N–H and O–H groups in total. The van der Waals surface area contributed by atoms with Crippen LogP contribution in [0.1, 0.15) is 30.9 Å². The average Bonchev–Trinajstić information content (AvgIpc) is 2.78. The van der Waals surface area contributed by atoms with Crippen molar-refractivity contribution in [3.8, 4) is 11.1 Å². The van der Waals surface area contributed by atoms with Gasteiger partial charge in [-0.05, 0) is 42.0 Å². The lowest BCUT2D eigenvalue weighted by Crippen LogP contribution is -2.23. The Kier molecular flexibility index (Phi) is 3.31. The molecule has 0 aliphatic heterocycles. The van der Waals surface area contributed by atoms with Crippen LogP contribution in [0.15, 0.2) is 73.3 Å². The Balaban J connectivity index is 2.29. The maximum Gasteiger partial charge on any atom is 0.0283 e. The molecule has 0 heterocycles. The maximum atomic E-state index is 4.00. The van der Waals surface area contributed by atoms with Gasteiger partial charge >= 0.3 is 0 Å². The second kappa shape index (κ2) is 5.13. The summed E-state index contributed by atoms with van der Waals surface area (Å²) in [5.74, 6) is 0. The Morgan fingerprint density at radius 3 is 1.95 bits per heavy atom. The Hall–Kier alpha value is -2.08. The summed E-state index contributed by atoms with van der Waals surface area (Å²) in [6, 6.07) is 17.6. The van der Waals surface area contributed by atoms with Crippen molar-refractivity contribution >= 4 is 0 Å². The average molecular weight is 260 g/mol. The van der Waals surface area contributed by atoms with Gasteiger partial charge in [-0.25, -0.2) is 0 Å². The third-order valence-corrected chi connectivity index (χ3v) is 4.37. The van der Waals surface area contributed by atoms with Crippen molar-refractivity contribution < 1.29 is 0 Å². The summed E-state index contributed by atoms with van der Waals surface area (Å²) in [6.45, 7) is 6.09. The third-order valence-electron chi connectivity index (χ3n) is 4.37. The van der Waals surface area contributed by atoms with Crippen molar-refractivity contribution in [2.75, 3.05) is 0 Å². The summed E-state index contributed by atoms with van der Waals surface area (Å²) in [4.78, 5) is 0. The lowest BCUT2D eigenvalue weighted by Gasteiger charge is -2.30. The molecule has 0 heteroatoms. The van der Waals surface area contributed by atoms with Crippen LogP contribution in [0.25, 0.3) is 11.1 Å². The first kappa shape index (κ1) is 12.9. The van der Waals surface area contributed by atoms with Gasteiger partial charge in [0.05, 0.1) is 0 Å². The van der Waals surface area contributed by atoms with Gasteiger partial charge in [-0.15, -0.1) is 6.58 Å². The Morgan fingerprint density at radius 2 is 1.45 bits per heavy atom. The van der Waals surface area contributed by atoms with Gasteiger partial charge in [0.1, 0.15) is 0 Å². The molecule has 0 amide bonds. The number of rotatable bonds is 4. The van der Waals surface area contributed by atoms with E-state index in [2.05, 4.69) is 80.3 Å². The van der Waals surface area contributed by atoms with Crippen LogP contribution in [-0.4, -0.2) is 0 Å². The normalized spacial score (nSPS) is 15.1. The molecule has 1 aliphatic rings. The van der Waals surface area contributed by atoms with E-state index in [1.54, 1.807) is 0 Å². The molecule has 1 aliphatic carbocycles. The number of hydrogen-bond donors (Lipinski definition) is 0. The van der Waals surface area contributed by atoms with Crippen molar-refractivity contribution in [2.24, 2.45) is 0 Å². The molecule has 2 aromatic carbocycles. The zero-order chi connectivity index (χ0) is 14.0. The zero-order valence-corrected chi connectivity index (χ0v) is 12.0. The smallest absolute Gasteiger partial charge is 0.0283 e. The van der Waals surface area contributed by atoms with Gasteiger partial charge < -0.3 is 0 Å². The second-order valence-electron chi connectivity index (χ2n) is 5.44. The first-order valence-corrected chi connectivity index (χ1v) is 7.25. The van der Waals surface area contributed by atoms with Crippen molar-refractivity contribution in [3.63, 3.8) is 0 Å². The second-order valence-corrected chi connectivity index (χ2v) is 5.44. The van der Waals surface area contributed by atoms with Crippen LogP contribution < -0.4 is 0 Å². The number of benzene rings is 2. The lowest BCUT2D eigenvalue weighted by molar-refractivity contribution is 0.542. The summed E-state index contributed by atoms with van der Waals surface area (Å²) in [5.41, 5.74) is 5.71. The number of hydrogen-bond acceptors (Lipinski definition) is 0. The quantitative estimate of drug-likeness (QED) is 0.637. The van der Waals surface area contributed by atoms with Crippen molar-refractivity contribution in [3.05, 3.63) is 84.5 Å². The third kappa shape index (κ3) is 1.76. The molecule has 0 radical (unpaired) electrons. The lowest BCUT2D eigenvalue weighted by atomic mass is 9.73. The molecule has 3 rings (SSSR count). The molecule has 0 saturated heterocycles. The van der Waals surface area contributed by atoms with E-state index in [9.17, 15) is 0 Å². The van der Waals surface area contributed by atoms with E-state index >= 15 is 0 Å². The Bertz CT molecular complexity index is 616. The van der Waals surface area contributed by atoms with Crippen molar-refractivity contribution in [1.29, 1.82) is 0 Å². The molecule has 0 atom stereocenters. The van der Waals surface area contributed by atoms with Gasteiger partial charge in [-0.2, -0.15) is 0 Å². The summed E-state index contributed by atoms with van der Waals surface area (Å²) < 4.78 is 0. The van der Waals surface area contributed by atoms with Crippen LogP contribution in [0.3, 0.4) is 0 Å². The zero-order valence-electron chi connectivity index (χ0n) is 12.0. The van der Waals surface area contributed by atoms with Gasteiger partial charge in [-0.1, -0.05) is 66.8 Å². The summed E-state index contributed by atoms with van der Waals surface area (Å²) >= 11 is 0.